The third kappa shape index (κ3) is 4.19. The third-order valence-electron chi connectivity index (χ3n) is 3.28. The topological polar surface area (TPSA) is 87.5 Å². The summed E-state index contributed by atoms with van der Waals surface area (Å²) in [6, 6.07) is 14.4. The van der Waals surface area contributed by atoms with Gasteiger partial charge in [-0.15, -0.1) is 0 Å². The number of sulfonamides is 1. The van der Waals surface area contributed by atoms with Crippen LogP contribution < -0.4 is 4.74 Å². The monoisotopic (exact) mass is 344 g/mol. The predicted molar refractivity (Wildman–Crippen MR) is 87.8 cm³/mol. The van der Waals surface area contributed by atoms with Crippen molar-refractivity contribution in [3.8, 4) is 11.8 Å². The number of benzene rings is 2. The summed E-state index contributed by atoms with van der Waals surface area (Å²) in [5, 5.41) is 8.82. The van der Waals surface area contributed by atoms with Gasteiger partial charge < -0.3 is 4.74 Å². The smallest absolute Gasteiger partial charge is 0.326 e. The molecule has 0 aliphatic carbocycles. The van der Waals surface area contributed by atoms with E-state index in [1.54, 1.807) is 24.3 Å². The summed E-state index contributed by atoms with van der Waals surface area (Å²) >= 11 is 0. The average molecular weight is 344 g/mol. The van der Waals surface area contributed by atoms with E-state index >= 15 is 0 Å². The molecule has 2 rings (SSSR count). The minimum absolute atomic E-state index is 0.106. The Morgan fingerprint density at radius 1 is 1.21 bits per heavy atom. The quantitative estimate of drug-likeness (QED) is 0.612. The largest absolute Gasteiger partial charge is 0.426 e. The van der Waals surface area contributed by atoms with Crippen molar-refractivity contribution >= 4 is 16.0 Å². The van der Waals surface area contributed by atoms with Crippen molar-refractivity contribution in [1.82, 2.24) is 4.31 Å². The maximum absolute atomic E-state index is 12.4. The van der Waals surface area contributed by atoms with Crippen LogP contribution in [-0.4, -0.2) is 32.3 Å². The molecule has 6 nitrogen and oxygen atoms in total. The van der Waals surface area contributed by atoms with E-state index in [9.17, 15) is 13.2 Å². The van der Waals surface area contributed by atoms with Crippen LogP contribution in [0.2, 0.25) is 0 Å². The van der Waals surface area contributed by atoms with Gasteiger partial charge in [-0.25, -0.2) is 8.42 Å². The van der Waals surface area contributed by atoms with E-state index in [1.165, 1.54) is 31.3 Å². The second-order valence-electron chi connectivity index (χ2n) is 5.19. The Bertz CT molecular complexity index is 884. The zero-order valence-corrected chi connectivity index (χ0v) is 14.1. The first-order chi connectivity index (χ1) is 11.3. The summed E-state index contributed by atoms with van der Waals surface area (Å²) in [5.41, 5.74) is 1.29. The molecule has 0 aliphatic rings. The molecule has 0 saturated carbocycles. The lowest BCUT2D eigenvalue weighted by Crippen LogP contribution is -2.34. The molecule has 0 amide bonds. The predicted octanol–water partition coefficient (Wildman–Crippen LogP) is 2.09. The molecule has 2 aromatic rings. The van der Waals surface area contributed by atoms with Gasteiger partial charge in [-0.1, -0.05) is 23.8 Å². The Labute approximate surface area is 141 Å². The number of ether oxygens (including phenoxy) is 1. The summed E-state index contributed by atoms with van der Waals surface area (Å²) < 4.78 is 30.8. The van der Waals surface area contributed by atoms with Gasteiger partial charge in [-0.05, 0) is 37.3 Å². The van der Waals surface area contributed by atoms with Gasteiger partial charge in [0.25, 0.3) is 0 Å². The number of aryl methyl sites for hydroxylation is 1. The first-order valence-corrected chi connectivity index (χ1v) is 8.51. The molecule has 0 N–H and O–H groups in total. The molecule has 0 aliphatic heterocycles. The van der Waals surface area contributed by atoms with Gasteiger partial charge in [-0.2, -0.15) is 9.57 Å². The molecule has 124 valence electrons. The summed E-state index contributed by atoms with van der Waals surface area (Å²) in [6.07, 6.45) is 0. The maximum atomic E-state index is 12.4. The number of carbonyl (C=O) groups excluding carboxylic acids is 1. The van der Waals surface area contributed by atoms with E-state index in [-0.39, 0.29) is 10.6 Å². The SMILES string of the molecule is Cc1ccc(S(=O)(=O)N(C)CC(=O)Oc2cccc(C#N)c2)cc1. The van der Waals surface area contributed by atoms with Gasteiger partial charge in [0.15, 0.2) is 0 Å². The van der Waals surface area contributed by atoms with Crippen LogP contribution in [0.1, 0.15) is 11.1 Å². The maximum Gasteiger partial charge on any atom is 0.326 e. The second-order valence-corrected chi connectivity index (χ2v) is 7.23. The fourth-order valence-corrected chi connectivity index (χ4v) is 3.07. The number of carbonyl (C=O) groups is 1. The van der Waals surface area contributed by atoms with Crippen LogP contribution in [0.3, 0.4) is 0 Å². The van der Waals surface area contributed by atoms with Crippen molar-refractivity contribution in [2.45, 2.75) is 11.8 Å². The van der Waals surface area contributed by atoms with Gasteiger partial charge in [0.2, 0.25) is 10.0 Å². The highest BCUT2D eigenvalue weighted by atomic mass is 32.2. The summed E-state index contributed by atoms with van der Waals surface area (Å²) in [5.74, 6) is -0.538. The first-order valence-electron chi connectivity index (χ1n) is 7.07. The van der Waals surface area contributed by atoms with Crippen LogP contribution in [0, 0.1) is 18.3 Å². The lowest BCUT2D eigenvalue weighted by molar-refractivity contribution is -0.134. The highest BCUT2D eigenvalue weighted by Gasteiger charge is 2.23. The highest BCUT2D eigenvalue weighted by molar-refractivity contribution is 7.89. The van der Waals surface area contributed by atoms with Crippen LogP contribution in [-0.2, 0) is 14.8 Å². The lowest BCUT2D eigenvalue weighted by atomic mass is 10.2. The fourth-order valence-electron chi connectivity index (χ4n) is 1.95. The molecule has 0 bridgehead atoms. The molecule has 0 radical (unpaired) electrons. The average Bonchev–Trinajstić information content (AvgIpc) is 2.55. The van der Waals surface area contributed by atoms with Gasteiger partial charge in [-0.3, -0.25) is 4.79 Å². The fraction of sp³-hybridized carbons (Fsp3) is 0.176. The van der Waals surface area contributed by atoms with Crippen LogP contribution in [0.5, 0.6) is 5.75 Å². The van der Waals surface area contributed by atoms with Gasteiger partial charge in [0.05, 0.1) is 16.5 Å². The first kappa shape index (κ1) is 17.7. The van der Waals surface area contributed by atoms with Crippen LogP contribution in [0.25, 0.3) is 0 Å². The van der Waals surface area contributed by atoms with Crippen molar-refractivity contribution < 1.29 is 17.9 Å². The minimum atomic E-state index is -3.78. The number of rotatable bonds is 5. The number of hydrogen-bond acceptors (Lipinski definition) is 5. The normalized spacial score (nSPS) is 11.1. The van der Waals surface area contributed by atoms with E-state index in [0.29, 0.717) is 5.56 Å². The van der Waals surface area contributed by atoms with Crippen LogP contribution in [0.15, 0.2) is 53.4 Å². The molecule has 0 atom stereocenters. The van der Waals surface area contributed by atoms with Crippen molar-refractivity contribution in [1.29, 1.82) is 5.26 Å². The van der Waals surface area contributed by atoms with Crippen molar-refractivity contribution in [3.05, 3.63) is 59.7 Å². The molecule has 0 spiro atoms. The van der Waals surface area contributed by atoms with Crippen LogP contribution in [0.4, 0.5) is 0 Å². The van der Waals surface area contributed by atoms with Crippen molar-refractivity contribution in [2.75, 3.05) is 13.6 Å². The summed E-state index contributed by atoms with van der Waals surface area (Å²) in [6.45, 7) is 1.42. The number of nitriles is 1. The summed E-state index contributed by atoms with van der Waals surface area (Å²) in [4.78, 5) is 12.0. The standard InChI is InChI=1S/C17H16N2O4S/c1-13-6-8-16(9-7-13)24(21,22)19(2)12-17(20)23-15-5-3-4-14(10-15)11-18/h3-10H,12H2,1-2H3. The van der Waals surface area contributed by atoms with Gasteiger partial charge in [0, 0.05) is 7.05 Å². The van der Waals surface area contributed by atoms with Gasteiger partial charge >= 0.3 is 5.97 Å². The van der Waals surface area contributed by atoms with E-state index in [0.717, 1.165) is 9.87 Å². The van der Waals surface area contributed by atoms with E-state index in [2.05, 4.69) is 0 Å². The second kappa shape index (κ2) is 7.25. The molecule has 7 heteroatoms. The molecular formula is C17H16N2O4S. The number of nitrogens with zero attached hydrogens (tertiary/aromatic N) is 2. The Morgan fingerprint density at radius 3 is 2.50 bits per heavy atom. The third-order valence-corrected chi connectivity index (χ3v) is 5.09. The lowest BCUT2D eigenvalue weighted by Gasteiger charge is -2.16. The Balaban J connectivity index is 2.07. The van der Waals surface area contributed by atoms with Crippen molar-refractivity contribution in [3.63, 3.8) is 0 Å². The van der Waals surface area contributed by atoms with Crippen LogP contribution >= 0.6 is 0 Å². The Kier molecular flexibility index (Phi) is 5.34. The Hall–Kier alpha value is -2.69. The minimum Gasteiger partial charge on any atom is -0.426 e. The molecule has 0 aromatic heterocycles. The van der Waals surface area contributed by atoms with Gasteiger partial charge in [0.1, 0.15) is 12.3 Å². The zero-order chi connectivity index (χ0) is 17.7. The highest BCUT2D eigenvalue weighted by Crippen LogP contribution is 2.16. The molecular weight excluding hydrogens is 328 g/mol. The zero-order valence-electron chi connectivity index (χ0n) is 13.3. The molecule has 0 fully saturated rings. The number of hydrogen-bond donors (Lipinski definition) is 0. The molecule has 0 heterocycles. The van der Waals surface area contributed by atoms with Crippen molar-refractivity contribution in [2.24, 2.45) is 0 Å². The molecule has 0 unspecified atom stereocenters. The number of likely N-dealkylation sites (N-methyl/N-ethyl adjacent to an activating group) is 1. The molecule has 0 saturated heterocycles. The van der Waals surface area contributed by atoms with E-state index < -0.39 is 22.5 Å². The molecule has 24 heavy (non-hydrogen) atoms. The summed E-state index contributed by atoms with van der Waals surface area (Å²) in [7, 11) is -2.47. The number of esters is 1. The van der Waals surface area contributed by atoms with E-state index in [1.807, 2.05) is 13.0 Å². The molecule has 2 aromatic carbocycles. The Morgan fingerprint density at radius 2 is 1.88 bits per heavy atom. The van der Waals surface area contributed by atoms with E-state index in [4.69, 9.17) is 10.00 Å².